The fourth-order valence-electron chi connectivity index (χ4n) is 4.20. The van der Waals surface area contributed by atoms with Gasteiger partial charge in [0.05, 0.1) is 5.02 Å². The van der Waals surface area contributed by atoms with Gasteiger partial charge in [-0.05, 0) is 79.1 Å². The number of carbonyl (C=O) groups excluding carboxylic acids is 1. The molecule has 3 aromatic rings. The van der Waals surface area contributed by atoms with Gasteiger partial charge < -0.3 is 25.4 Å². The van der Waals surface area contributed by atoms with Crippen LogP contribution in [0.25, 0.3) is 0 Å². The summed E-state index contributed by atoms with van der Waals surface area (Å²) in [5, 5.41) is 32.1. The second-order valence-corrected chi connectivity index (χ2v) is 8.59. The monoisotopic (exact) mass is 481 g/mol. The largest absolute Gasteiger partial charge is 0.508 e. The van der Waals surface area contributed by atoms with Crippen molar-refractivity contribution in [2.75, 3.05) is 5.32 Å². The Bertz CT molecular complexity index is 1260. The first-order chi connectivity index (χ1) is 16.3. The van der Waals surface area contributed by atoms with E-state index in [0.29, 0.717) is 53.5 Å². The first kappa shape index (κ1) is 23.4. The Morgan fingerprint density at radius 3 is 2.41 bits per heavy atom. The minimum Gasteiger partial charge on any atom is -0.508 e. The van der Waals surface area contributed by atoms with Crippen molar-refractivity contribution in [2.24, 2.45) is 0 Å². The average molecular weight is 482 g/mol. The van der Waals surface area contributed by atoms with Crippen molar-refractivity contribution >= 4 is 29.2 Å². The van der Waals surface area contributed by atoms with Gasteiger partial charge in [0.1, 0.15) is 29.4 Å². The van der Waals surface area contributed by atoms with E-state index in [1.54, 1.807) is 36.4 Å². The number of carboxylic acids is 1. The van der Waals surface area contributed by atoms with Crippen molar-refractivity contribution in [3.8, 4) is 23.0 Å². The summed E-state index contributed by atoms with van der Waals surface area (Å²) in [6.45, 7) is 0. The molecule has 4 rings (SSSR count). The van der Waals surface area contributed by atoms with Gasteiger partial charge in [-0.15, -0.1) is 0 Å². The Labute approximate surface area is 201 Å². The normalized spacial score (nSPS) is 12.3. The summed E-state index contributed by atoms with van der Waals surface area (Å²) in [7, 11) is 0. The highest BCUT2D eigenvalue weighted by atomic mass is 35.5. The van der Waals surface area contributed by atoms with Gasteiger partial charge in [0.25, 0.3) is 0 Å². The molecule has 0 spiro atoms. The number of phenols is 2. The van der Waals surface area contributed by atoms with E-state index in [1.807, 2.05) is 12.1 Å². The fourth-order valence-corrected chi connectivity index (χ4v) is 4.47. The number of phenolic OH excluding ortho intramolecular Hbond substituents is 2. The zero-order valence-electron chi connectivity index (χ0n) is 18.3. The molecule has 8 heteroatoms. The molecule has 176 valence electrons. The molecule has 0 aromatic heterocycles. The fraction of sp³-hybridized carbons (Fsp3) is 0.231. The number of carbonyl (C=O) groups is 2. The highest BCUT2D eigenvalue weighted by Crippen LogP contribution is 2.43. The number of amides is 1. The van der Waals surface area contributed by atoms with Crippen LogP contribution in [0.5, 0.6) is 23.0 Å². The van der Waals surface area contributed by atoms with Crippen LogP contribution in [-0.4, -0.2) is 27.2 Å². The van der Waals surface area contributed by atoms with Crippen molar-refractivity contribution in [2.45, 2.75) is 38.5 Å². The van der Waals surface area contributed by atoms with Crippen LogP contribution in [0.15, 0.2) is 48.5 Å². The molecule has 0 saturated carbocycles. The van der Waals surface area contributed by atoms with Crippen LogP contribution in [0.3, 0.4) is 0 Å². The van der Waals surface area contributed by atoms with Crippen molar-refractivity contribution in [3.05, 3.63) is 75.8 Å². The topological polar surface area (TPSA) is 116 Å². The van der Waals surface area contributed by atoms with Crippen molar-refractivity contribution in [3.63, 3.8) is 0 Å². The second-order valence-electron chi connectivity index (χ2n) is 8.19. The number of halogens is 1. The summed E-state index contributed by atoms with van der Waals surface area (Å²) < 4.78 is 6.15. The summed E-state index contributed by atoms with van der Waals surface area (Å²) in [6.07, 6.45) is 2.71. The number of anilines is 1. The minimum absolute atomic E-state index is 0.135. The molecule has 0 atom stereocenters. The molecular formula is C26H24ClNO6. The van der Waals surface area contributed by atoms with E-state index in [2.05, 4.69) is 5.32 Å². The van der Waals surface area contributed by atoms with Crippen LogP contribution in [0.4, 0.5) is 5.69 Å². The predicted molar refractivity (Wildman–Crippen MR) is 128 cm³/mol. The number of hydrogen-bond donors (Lipinski definition) is 4. The molecule has 34 heavy (non-hydrogen) atoms. The number of hydrogen-bond acceptors (Lipinski definition) is 5. The van der Waals surface area contributed by atoms with Gasteiger partial charge in [-0.3, -0.25) is 9.59 Å². The number of nitrogens with one attached hydrogen (secondary N) is 1. The highest BCUT2D eigenvalue weighted by Gasteiger charge is 2.24. The molecule has 1 aliphatic rings. The van der Waals surface area contributed by atoms with Gasteiger partial charge in [-0.1, -0.05) is 29.8 Å². The maximum absolute atomic E-state index is 12.0. The third kappa shape index (κ3) is 5.26. The molecule has 1 aliphatic carbocycles. The number of rotatable bonds is 8. The van der Waals surface area contributed by atoms with E-state index in [1.165, 1.54) is 0 Å². The van der Waals surface area contributed by atoms with Crippen LogP contribution in [0.1, 0.15) is 35.1 Å². The number of ether oxygens (including phenoxy) is 1. The lowest BCUT2D eigenvalue weighted by Gasteiger charge is -2.17. The molecule has 0 radical (unpaired) electrons. The maximum Gasteiger partial charge on any atom is 0.312 e. The van der Waals surface area contributed by atoms with Gasteiger partial charge in [0.15, 0.2) is 0 Å². The lowest BCUT2D eigenvalue weighted by molar-refractivity contribution is -0.139. The summed E-state index contributed by atoms with van der Waals surface area (Å²) in [4.78, 5) is 22.8. The Balaban J connectivity index is 1.56. The lowest BCUT2D eigenvalue weighted by atomic mass is 10.0. The Morgan fingerprint density at radius 2 is 1.65 bits per heavy atom. The van der Waals surface area contributed by atoms with Crippen LogP contribution in [0.2, 0.25) is 5.02 Å². The number of aryl methyl sites for hydroxylation is 2. The number of aliphatic carboxylic acids is 1. The SMILES string of the molecule is O=C(O)CC(=O)Nc1cc(Cl)c(Oc2ccc(O)c(CCc3ccccc3O)c2)c2c1CCC2. The second kappa shape index (κ2) is 10.1. The van der Waals surface area contributed by atoms with Crippen molar-refractivity contribution in [1.82, 2.24) is 0 Å². The Hall–Kier alpha value is -3.71. The number of carboxylic acid groups (broad SMARTS) is 1. The van der Waals surface area contributed by atoms with Crippen LogP contribution >= 0.6 is 11.6 Å². The lowest BCUT2D eigenvalue weighted by Crippen LogP contribution is -2.17. The smallest absolute Gasteiger partial charge is 0.312 e. The van der Waals surface area contributed by atoms with Gasteiger partial charge in [0, 0.05) is 11.3 Å². The molecule has 1 amide bonds. The highest BCUT2D eigenvalue weighted by molar-refractivity contribution is 6.32. The van der Waals surface area contributed by atoms with E-state index in [4.69, 9.17) is 21.4 Å². The summed E-state index contributed by atoms with van der Waals surface area (Å²) in [5.74, 6) is -0.473. The molecule has 0 heterocycles. The van der Waals surface area contributed by atoms with Gasteiger partial charge in [-0.2, -0.15) is 0 Å². The first-order valence-electron chi connectivity index (χ1n) is 10.9. The van der Waals surface area contributed by atoms with Crippen molar-refractivity contribution in [1.29, 1.82) is 0 Å². The van der Waals surface area contributed by atoms with E-state index in [9.17, 15) is 19.8 Å². The molecule has 0 bridgehead atoms. The van der Waals surface area contributed by atoms with Crippen molar-refractivity contribution < 1.29 is 29.6 Å². The standard InChI is InChI=1S/C26H24ClNO6/c27-20-13-21(28-24(31)14-25(32)33)18-5-3-6-19(18)26(20)34-17-10-11-23(30)16(12-17)9-8-15-4-1-2-7-22(15)29/h1-2,4,7,10-13,29-30H,3,5-6,8-9,14H2,(H,28,31)(H,32,33). The molecule has 0 saturated heterocycles. The zero-order chi connectivity index (χ0) is 24.2. The molecule has 7 nitrogen and oxygen atoms in total. The maximum atomic E-state index is 12.0. The molecule has 3 aromatic carbocycles. The summed E-state index contributed by atoms with van der Waals surface area (Å²) in [6, 6.07) is 13.6. The molecule has 0 unspecified atom stereocenters. The van der Waals surface area contributed by atoms with Gasteiger partial charge in [0.2, 0.25) is 5.91 Å². The number of para-hydroxylation sites is 1. The van der Waals surface area contributed by atoms with Crippen LogP contribution in [-0.2, 0) is 35.3 Å². The van der Waals surface area contributed by atoms with E-state index < -0.39 is 18.3 Å². The van der Waals surface area contributed by atoms with E-state index in [-0.39, 0.29) is 11.5 Å². The summed E-state index contributed by atoms with van der Waals surface area (Å²) >= 11 is 6.51. The molecule has 4 N–H and O–H groups in total. The Morgan fingerprint density at radius 1 is 0.941 bits per heavy atom. The third-order valence-corrected chi connectivity index (χ3v) is 6.10. The minimum atomic E-state index is -1.20. The predicted octanol–water partition coefficient (Wildman–Crippen LogP) is 5.23. The number of fused-ring (bicyclic) bond motifs is 1. The average Bonchev–Trinajstić information content (AvgIpc) is 3.27. The van der Waals surface area contributed by atoms with Gasteiger partial charge >= 0.3 is 5.97 Å². The quantitative estimate of drug-likeness (QED) is 0.327. The van der Waals surface area contributed by atoms with Crippen LogP contribution < -0.4 is 10.1 Å². The Kier molecular flexibility index (Phi) is 6.93. The first-order valence-corrected chi connectivity index (χ1v) is 11.3. The van der Waals surface area contributed by atoms with Crippen LogP contribution in [0, 0.1) is 0 Å². The summed E-state index contributed by atoms with van der Waals surface area (Å²) in [5.41, 5.74) is 3.73. The van der Waals surface area contributed by atoms with E-state index >= 15 is 0 Å². The number of aromatic hydroxyl groups is 2. The third-order valence-electron chi connectivity index (χ3n) is 5.82. The molecular weight excluding hydrogens is 458 g/mol. The number of benzene rings is 3. The molecule has 0 aliphatic heterocycles. The molecule has 0 fully saturated rings. The van der Waals surface area contributed by atoms with E-state index in [0.717, 1.165) is 23.1 Å². The van der Waals surface area contributed by atoms with Gasteiger partial charge in [-0.25, -0.2) is 0 Å². The zero-order valence-corrected chi connectivity index (χ0v) is 19.1.